The summed E-state index contributed by atoms with van der Waals surface area (Å²) in [5.74, 6) is 0.146. The van der Waals surface area contributed by atoms with Crippen molar-refractivity contribution in [3.63, 3.8) is 0 Å². The minimum atomic E-state index is -0.553. The third-order valence-corrected chi connectivity index (χ3v) is 6.77. The number of amides is 1. The van der Waals surface area contributed by atoms with Gasteiger partial charge in [0.05, 0.1) is 46.9 Å². The molecule has 0 atom stereocenters. The van der Waals surface area contributed by atoms with Crippen LogP contribution in [0.4, 0.5) is 4.39 Å². The summed E-state index contributed by atoms with van der Waals surface area (Å²) >= 11 is 0. The van der Waals surface area contributed by atoms with Crippen LogP contribution in [0.15, 0.2) is 42.9 Å². The number of hydrogen-bond acceptors (Lipinski definition) is 5. The van der Waals surface area contributed by atoms with E-state index in [1.54, 1.807) is 17.1 Å². The third kappa shape index (κ3) is 4.22. The molecule has 1 fully saturated rings. The monoisotopic (exact) mass is 471 g/mol. The maximum absolute atomic E-state index is 14.8. The highest BCUT2D eigenvalue weighted by Gasteiger charge is 2.26. The second kappa shape index (κ2) is 8.72. The van der Waals surface area contributed by atoms with Crippen LogP contribution in [-0.4, -0.2) is 35.4 Å². The molecule has 0 saturated heterocycles. The van der Waals surface area contributed by atoms with Crippen LogP contribution in [0.5, 0.6) is 0 Å². The molecule has 0 unspecified atom stereocenters. The number of carbonyl (C=O) groups excluding carboxylic acids is 1. The van der Waals surface area contributed by atoms with Gasteiger partial charge in [-0.15, -0.1) is 5.10 Å². The van der Waals surface area contributed by atoms with Crippen molar-refractivity contribution in [2.75, 3.05) is 0 Å². The number of nitrogens with one attached hydrogen (secondary N) is 1. The van der Waals surface area contributed by atoms with E-state index in [2.05, 4.69) is 25.6 Å². The molecule has 9 heteroatoms. The molecule has 6 rings (SSSR count). The van der Waals surface area contributed by atoms with Crippen molar-refractivity contribution in [2.45, 2.75) is 57.9 Å². The first-order valence-electron chi connectivity index (χ1n) is 12.1. The van der Waals surface area contributed by atoms with E-state index in [1.165, 1.54) is 6.07 Å². The van der Waals surface area contributed by atoms with Crippen molar-refractivity contribution in [3.05, 3.63) is 82.6 Å². The molecular formula is C26H26FN7O. The number of carbonyl (C=O) groups is 1. The number of benzene rings is 1. The van der Waals surface area contributed by atoms with Crippen molar-refractivity contribution >= 4 is 5.91 Å². The molecular weight excluding hydrogens is 445 g/mol. The van der Waals surface area contributed by atoms with E-state index in [4.69, 9.17) is 0 Å². The molecule has 0 bridgehead atoms. The maximum atomic E-state index is 14.8. The van der Waals surface area contributed by atoms with E-state index in [1.807, 2.05) is 35.9 Å². The number of fused-ring (bicyclic) bond motifs is 1. The first-order valence-corrected chi connectivity index (χ1v) is 12.1. The second-order valence-corrected chi connectivity index (χ2v) is 9.37. The van der Waals surface area contributed by atoms with E-state index in [0.717, 1.165) is 66.9 Å². The molecule has 1 saturated carbocycles. The standard InChI is InChI=1S/C26H26FN7O/c1-16-11-20(27)19(12-24(16)33-14-22(29-15-33)17-9-10-17)26(35)28-13-18-5-4-8-25(30-18)34-23-7-3-2-6-21(23)31-32-34/h4-5,8,11-12,14-15,17H,2-3,6-7,9-10,13H2,1H3,(H,28,35). The van der Waals surface area contributed by atoms with Crippen molar-refractivity contribution in [3.8, 4) is 11.5 Å². The van der Waals surface area contributed by atoms with Crippen LogP contribution < -0.4 is 5.32 Å². The molecule has 0 radical (unpaired) electrons. The summed E-state index contributed by atoms with van der Waals surface area (Å²) in [7, 11) is 0. The lowest BCUT2D eigenvalue weighted by Gasteiger charge is -2.13. The van der Waals surface area contributed by atoms with Crippen LogP contribution in [0.25, 0.3) is 11.5 Å². The van der Waals surface area contributed by atoms with E-state index in [-0.39, 0.29) is 12.1 Å². The Morgan fingerprint density at radius 3 is 2.91 bits per heavy atom. The Bertz CT molecular complexity index is 1420. The molecule has 4 aromatic rings. The Balaban J connectivity index is 1.20. The zero-order valence-corrected chi connectivity index (χ0v) is 19.5. The zero-order chi connectivity index (χ0) is 23.9. The Morgan fingerprint density at radius 1 is 1.20 bits per heavy atom. The Hall–Kier alpha value is -3.88. The third-order valence-electron chi connectivity index (χ3n) is 6.77. The largest absolute Gasteiger partial charge is 0.346 e. The molecule has 1 amide bonds. The molecule has 2 aliphatic rings. The fourth-order valence-electron chi connectivity index (χ4n) is 4.67. The summed E-state index contributed by atoms with van der Waals surface area (Å²) in [5, 5.41) is 11.4. The fourth-order valence-corrected chi connectivity index (χ4v) is 4.67. The lowest BCUT2D eigenvalue weighted by molar-refractivity contribution is 0.0946. The lowest BCUT2D eigenvalue weighted by atomic mass is 10.0. The van der Waals surface area contributed by atoms with Gasteiger partial charge in [0, 0.05) is 12.1 Å². The number of nitrogens with zero attached hydrogens (tertiary/aromatic N) is 6. The van der Waals surface area contributed by atoms with Gasteiger partial charge in [0.15, 0.2) is 5.82 Å². The average Bonchev–Trinajstić information content (AvgIpc) is 3.44. The molecule has 3 heterocycles. The van der Waals surface area contributed by atoms with Gasteiger partial charge in [-0.25, -0.2) is 14.4 Å². The second-order valence-electron chi connectivity index (χ2n) is 9.37. The highest BCUT2D eigenvalue weighted by molar-refractivity contribution is 5.95. The number of pyridine rings is 1. The Labute approximate surface area is 202 Å². The van der Waals surface area contributed by atoms with Gasteiger partial charge in [-0.2, -0.15) is 4.68 Å². The zero-order valence-electron chi connectivity index (χ0n) is 19.5. The summed E-state index contributed by atoms with van der Waals surface area (Å²) in [6.45, 7) is 2.00. The molecule has 8 nitrogen and oxygen atoms in total. The number of imidazole rings is 1. The summed E-state index contributed by atoms with van der Waals surface area (Å²) in [6, 6.07) is 8.57. The lowest BCUT2D eigenvalue weighted by Crippen LogP contribution is -2.25. The molecule has 2 aliphatic carbocycles. The number of hydrogen-bond donors (Lipinski definition) is 1. The van der Waals surface area contributed by atoms with E-state index in [0.29, 0.717) is 17.4 Å². The fraction of sp³-hybridized carbons (Fsp3) is 0.346. The van der Waals surface area contributed by atoms with Crippen LogP contribution in [0.1, 0.15) is 70.3 Å². The molecule has 0 aliphatic heterocycles. The number of rotatable bonds is 6. The van der Waals surface area contributed by atoms with Crippen LogP contribution in [0.2, 0.25) is 0 Å². The topological polar surface area (TPSA) is 90.5 Å². The Kier molecular flexibility index (Phi) is 5.39. The minimum Gasteiger partial charge on any atom is -0.346 e. The van der Waals surface area contributed by atoms with Crippen LogP contribution in [-0.2, 0) is 19.4 Å². The highest BCUT2D eigenvalue weighted by atomic mass is 19.1. The van der Waals surface area contributed by atoms with Gasteiger partial charge in [-0.3, -0.25) is 4.79 Å². The number of aryl methyl sites for hydroxylation is 2. The van der Waals surface area contributed by atoms with Crippen molar-refractivity contribution in [1.29, 1.82) is 0 Å². The molecule has 0 spiro atoms. The predicted molar refractivity (Wildman–Crippen MR) is 127 cm³/mol. The number of halogens is 1. The molecule has 178 valence electrons. The van der Waals surface area contributed by atoms with Crippen LogP contribution in [0.3, 0.4) is 0 Å². The van der Waals surface area contributed by atoms with Gasteiger partial charge in [-0.1, -0.05) is 11.3 Å². The number of aromatic nitrogens is 6. The summed E-state index contributed by atoms with van der Waals surface area (Å²) in [5.41, 5.74) is 5.31. The average molecular weight is 472 g/mol. The molecule has 35 heavy (non-hydrogen) atoms. The normalized spacial score (nSPS) is 15.1. The smallest absolute Gasteiger partial charge is 0.254 e. The SMILES string of the molecule is Cc1cc(F)c(C(=O)NCc2cccc(-n3nnc4c3CCCC4)n2)cc1-n1cnc(C2CC2)c1. The van der Waals surface area contributed by atoms with Crippen molar-refractivity contribution in [1.82, 2.24) is 34.8 Å². The van der Waals surface area contributed by atoms with Crippen LogP contribution in [0, 0.1) is 12.7 Å². The van der Waals surface area contributed by atoms with Gasteiger partial charge < -0.3 is 9.88 Å². The molecule has 1 aromatic carbocycles. The predicted octanol–water partition coefficient (Wildman–Crippen LogP) is 3.98. The quantitative estimate of drug-likeness (QED) is 0.459. The highest BCUT2D eigenvalue weighted by Crippen LogP contribution is 2.39. The Morgan fingerprint density at radius 2 is 2.06 bits per heavy atom. The van der Waals surface area contributed by atoms with Gasteiger partial charge in [0.2, 0.25) is 0 Å². The first-order chi connectivity index (χ1) is 17.1. The van der Waals surface area contributed by atoms with E-state index < -0.39 is 11.7 Å². The van der Waals surface area contributed by atoms with E-state index >= 15 is 0 Å². The first kappa shape index (κ1) is 21.6. The summed E-state index contributed by atoms with van der Waals surface area (Å²) in [4.78, 5) is 22.1. The van der Waals surface area contributed by atoms with Gasteiger partial charge >= 0.3 is 0 Å². The minimum absolute atomic E-state index is 0.00577. The van der Waals surface area contributed by atoms with Gasteiger partial charge in [-0.05, 0) is 75.3 Å². The summed E-state index contributed by atoms with van der Waals surface area (Å²) in [6.07, 6.45) is 10.1. The van der Waals surface area contributed by atoms with E-state index in [9.17, 15) is 9.18 Å². The van der Waals surface area contributed by atoms with Gasteiger partial charge in [0.25, 0.3) is 5.91 Å². The van der Waals surface area contributed by atoms with Crippen molar-refractivity contribution < 1.29 is 9.18 Å². The van der Waals surface area contributed by atoms with Crippen LogP contribution >= 0.6 is 0 Å². The molecule has 3 aromatic heterocycles. The van der Waals surface area contributed by atoms with Crippen molar-refractivity contribution in [2.24, 2.45) is 0 Å². The maximum Gasteiger partial charge on any atom is 0.254 e. The van der Waals surface area contributed by atoms with Gasteiger partial charge in [0.1, 0.15) is 5.82 Å². The summed E-state index contributed by atoms with van der Waals surface area (Å²) < 4.78 is 18.4. The molecule has 1 N–H and O–H groups in total.